The standard InChI is InChI=1S/C14H17FN2O4/c1-14(8-18)6-9-4-12(17(19)20)11(5-13(9)21-14)16-3-2-10(15)7-16/h4-5,10,18H,2-3,6-8H2,1H3. The normalized spacial score (nSPS) is 27.6. The van der Waals surface area contributed by atoms with Crippen molar-refractivity contribution in [3.05, 3.63) is 27.8 Å². The number of benzene rings is 1. The van der Waals surface area contributed by atoms with Crippen LogP contribution in [0.1, 0.15) is 18.9 Å². The van der Waals surface area contributed by atoms with Crippen molar-refractivity contribution in [2.75, 3.05) is 24.6 Å². The lowest BCUT2D eigenvalue weighted by Crippen LogP contribution is -2.34. The Hall–Kier alpha value is -1.89. The lowest BCUT2D eigenvalue weighted by Gasteiger charge is -2.21. The summed E-state index contributed by atoms with van der Waals surface area (Å²) in [6.07, 6.45) is -0.156. The molecule has 2 atom stereocenters. The van der Waals surface area contributed by atoms with Gasteiger partial charge in [0, 0.05) is 37.2 Å². The van der Waals surface area contributed by atoms with Crippen molar-refractivity contribution >= 4 is 11.4 Å². The zero-order valence-corrected chi connectivity index (χ0v) is 11.7. The Bertz CT molecular complexity index is 595. The molecule has 6 nitrogen and oxygen atoms in total. The molecule has 2 aliphatic heterocycles. The summed E-state index contributed by atoms with van der Waals surface area (Å²) in [6.45, 7) is 2.21. The van der Waals surface area contributed by atoms with Crippen LogP contribution < -0.4 is 9.64 Å². The molecule has 7 heteroatoms. The van der Waals surface area contributed by atoms with Gasteiger partial charge in [0.25, 0.3) is 5.69 Å². The minimum atomic E-state index is -0.957. The van der Waals surface area contributed by atoms with Gasteiger partial charge < -0.3 is 14.7 Å². The lowest BCUT2D eigenvalue weighted by atomic mass is 9.99. The van der Waals surface area contributed by atoms with Crippen molar-refractivity contribution in [2.24, 2.45) is 0 Å². The Kier molecular flexibility index (Phi) is 3.24. The first kappa shape index (κ1) is 14.1. The largest absolute Gasteiger partial charge is 0.484 e. The predicted octanol–water partition coefficient (Wildman–Crippen LogP) is 1.83. The number of hydrogen-bond acceptors (Lipinski definition) is 5. The third kappa shape index (κ3) is 2.42. The summed E-state index contributed by atoms with van der Waals surface area (Å²) in [5, 5.41) is 20.7. The highest BCUT2D eigenvalue weighted by molar-refractivity contribution is 5.69. The van der Waals surface area contributed by atoms with Gasteiger partial charge in [-0.25, -0.2) is 4.39 Å². The molecular formula is C14H17FN2O4. The average Bonchev–Trinajstić information content (AvgIpc) is 3.00. The molecule has 2 unspecified atom stereocenters. The van der Waals surface area contributed by atoms with Crippen LogP contribution in [0.15, 0.2) is 12.1 Å². The van der Waals surface area contributed by atoms with E-state index < -0.39 is 16.7 Å². The number of aliphatic hydroxyl groups is 1. The van der Waals surface area contributed by atoms with E-state index in [-0.39, 0.29) is 18.8 Å². The number of rotatable bonds is 3. The Labute approximate surface area is 121 Å². The van der Waals surface area contributed by atoms with E-state index in [0.29, 0.717) is 36.4 Å². The van der Waals surface area contributed by atoms with Gasteiger partial charge in [-0.05, 0) is 13.3 Å². The smallest absolute Gasteiger partial charge is 0.293 e. The van der Waals surface area contributed by atoms with Crippen LogP contribution in [0.4, 0.5) is 15.8 Å². The summed E-state index contributed by atoms with van der Waals surface area (Å²) in [7, 11) is 0. The molecule has 0 spiro atoms. The van der Waals surface area contributed by atoms with E-state index in [4.69, 9.17) is 4.74 Å². The second-order valence-electron chi connectivity index (χ2n) is 5.92. The topological polar surface area (TPSA) is 75.8 Å². The van der Waals surface area contributed by atoms with E-state index in [0.717, 1.165) is 0 Å². The quantitative estimate of drug-likeness (QED) is 0.680. The number of aliphatic hydroxyl groups excluding tert-OH is 1. The molecule has 1 N–H and O–H groups in total. The lowest BCUT2D eigenvalue weighted by molar-refractivity contribution is -0.384. The van der Waals surface area contributed by atoms with Crippen LogP contribution in [0.25, 0.3) is 0 Å². The van der Waals surface area contributed by atoms with Crippen molar-refractivity contribution in [3.8, 4) is 5.75 Å². The number of ether oxygens (including phenoxy) is 1. The van der Waals surface area contributed by atoms with Gasteiger partial charge in [-0.15, -0.1) is 0 Å². The molecule has 1 aromatic rings. The van der Waals surface area contributed by atoms with Crippen molar-refractivity contribution in [1.82, 2.24) is 0 Å². The van der Waals surface area contributed by atoms with E-state index in [1.165, 1.54) is 6.07 Å². The number of nitro groups is 1. The van der Waals surface area contributed by atoms with Gasteiger partial charge in [0.05, 0.1) is 11.5 Å². The third-order valence-corrected chi connectivity index (χ3v) is 4.08. The molecule has 2 aliphatic rings. The van der Waals surface area contributed by atoms with Gasteiger partial charge in [-0.3, -0.25) is 10.1 Å². The van der Waals surface area contributed by atoms with Gasteiger partial charge in [0.15, 0.2) is 0 Å². The number of nitro benzene ring substituents is 1. The predicted molar refractivity (Wildman–Crippen MR) is 74.6 cm³/mol. The van der Waals surface area contributed by atoms with E-state index >= 15 is 0 Å². The summed E-state index contributed by atoms with van der Waals surface area (Å²) < 4.78 is 19.1. The molecule has 0 saturated carbocycles. The highest BCUT2D eigenvalue weighted by Gasteiger charge is 2.37. The molecule has 0 amide bonds. The van der Waals surface area contributed by atoms with Crippen molar-refractivity contribution in [2.45, 2.75) is 31.5 Å². The maximum Gasteiger partial charge on any atom is 0.293 e. The number of hydrogen-bond donors (Lipinski definition) is 1. The van der Waals surface area contributed by atoms with Gasteiger partial charge in [-0.2, -0.15) is 0 Å². The molecule has 1 saturated heterocycles. The second-order valence-corrected chi connectivity index (χ2v) is 5.92. The monoisotopic (exact) mass is 296 g/mol. The summed E-state index contributed by atoms with van der Waals surface area (Å²) in [5.74, 6) is 0.537. The fraction of sp³-hybridized carbons (Fsp3) is 0.571. The maximum absolute atomic E-state index is 13.4. The molecule has 0 aliphatic carbocycles. The highest BCUT2D eigenvalue weighted by atomic mass is 19.1. The number of anilines is 1. The zero-order valence-electron chi connectivity index (χ0n) is 11.7. The van der Waals surface area contributed by atoms with E-state index in [1.807, 2.05) is 0 Å². The first-order chi connectivity index (χ1) is 9.92. The fourth-order valence-corrected chi connectivity index (χ4v) is 2.96. The average molecular weight is 296 g/mol. The van der Waals surface area contributed by atoms with Crippen LogP contribution in [-0.2, 0) is 6.42 Å². The Morgan fingerprint density at radius 2 is 2.38 bits per heavy atom. The number of fused-ring (bicyclic) bond motifs is 1. The Morgan fingerprint density at radius 3 is 2.95 bits per heavy atom. The molecule has 2 heterocycles. The van der Waals surface area contributed by atoms with E-state index in [9.17, 15) is 19.6 Å². The van der Waals surface area contributed by atoms with Crippen LogP contribution in [0, 0.1) is 10.1 Å². The molecule has 0 bridgehead atoms. The third-order valence-electron chi connectivity index (χ3n) is 4.08. The minimum Gasteiger partial charge on any atom is -0.484 e. The van der Waals surface area contributed by atoms with Gasteiger partial charge in [0.1, 0.15) is 23.2 Å². The Morgan fingerprint density at radius 1 is 1.62 bits per heavy atom. The van der Waals surface area contributed by atoms with Crippen LogP contribution in [0.3, 0.4) is 0 Å². The molecule has 1 fully saturated rings. The highest BCUT2D eigenvalue weighted by Crippen LogP contribution is 2.43. The summed E-state index contributed by atoms with van der Waals surface area (Å²) in [5.41, 5.74) is 0.315. The number of alkyl halides is 1. The number of nitrogens with zero attached hydrogens (tertiary/aromatic N) is 2. The van der Waals surface area contributed by atoms with Gasteiger partial charge in [0.2, 0.25) is 0 Å². The molecule has 1 aromatic carbocycles. The van der Waals surface area contributed by atoms with Crippen LogP contribution in [-0.4, -0.2) is 41.5 Å². The van der Waals surface area contributed by atoms with E-state index in [2.05, 4.69) is 0 Å². The first-order valence-electron chi connectivity index (χ1n) is 6.92. The zero-order chi connectivity index (χ0) is 15.2. The summed E-state index contributed by atoms with van der Waals surface area (Å²) in [6, 6.07) is 3.09. The fourth-order valence-electron chi connectivity index (χ4n) is 2.96. The van der Waals surface area contributed by atoms with Crippen molar-refractivity contribution in [1.29, 1.82) is 0 Å². The van der Waals surface area contributed by atoms with Crippen LogP contribution in [0.5, 0.6) is 5.75 Å². The Balaban J connectivity index is 2.01. The SMILES string of the molecule is CC1(CO)Cc2cc([N+](=O)[O-])c(N3CCC(F)C3)cc2O1. The second kappa shape index (κ2) is 4.84. The molecule has 3 rings (SSSR count). The van der Waals surface area contributed by atoms with Gasteiger partial charge in [-0.1, -0.05) is 0 Å². The van der Waals surface area contributed by atoms with Crippen molar-refractivity contribution in [3.63, 3.8) is 0 Å². The van der Waals surface area contributed by atoms with E-state index in [1.54, 1.807) is 17.9 Å². The van der Waals surface area contributed by atoms with Crippen LogP contribution in [0.2, 0.25) is 0 Å². The summed E-state index contributed by atoms with van der Waals surface area (Å²) >= 11 is 0. The van der Waals surface area contributed by atoms with Crippen LogP contribution >= 0.6 is 0 Å². The maximum atomic E-state index is 13.4. The first-order valence-corrected chi connectivity index (χ1v) is 6.92. The molecule has 21 heavy (non-hydrogen) atoms. The molecule has 0 radical (unpaired) electrons. The van der Waals surface area contributed by atoms with Gasteiger partial charge >= 0.3 is 0 Å². The van der Waals surface area contributed by atoms with Crippen molar-refractivity contribution < 1.29 is 19.2 Å². The molecular weight excluding hydrogens is 279 g/mol. The summed E-state index contributed by atoms with van der Waals surface area (Å²) in [4.78, 5) is 12.5. The molecule has 0 aromatic heterocycles. The minimum absolute atomic E-state index is 0.0337. The molecule has 114 valence electrons. The number of halogens is 1.